The van der Waals surface area contributed by atoms with Crippen molar-refractivity contribution in [2.75, 3.05) is 13.1 Å². The zero-order valence-electron chi connectivity index (χ0n) is 12.8. The maximum Gasteiger partial charge on any atom is 0.417 e. The average Bonchev–Trinajstić information content (AvgIpc) is 2.52. The predicted octanol–water partition coefficient (Wildman–Crippen LogP) is 3.52. The van der Waals surface area contributed by atoms with Crippen LogP contribution in [0, 0.1) is 6.07 Å². The number of aliphatic hydroxyl groups is 1. The number of carbonyl (C=O) groups excluding carboxylic acids is 1. The van der Waals surface area contributed by atoms with Gasteiger partial charge in [-0.15, -0.1) is 0 Å². The van der Waals surface area contributed by atoms with E-state index in [1.165, 1.54) is 4.90 Å². The molecule has 3 nitrogen and oxygen atoms in total. The van der Waals surface area contributed by atoms with Gasteiger partial charge in [0.05, 0.1) is 17.2 Å². The van der Waals surface area contributed by atoms with Gasteiger partial charge in [-0.05, 0) is 24.5 Å². The SMILES string of the molecule is C=C(C(=O)N1CCC(O)CC1)c1cc[c]c(C(F)(F)F)c1C(F)(F)F. The zero-order valence-corrected chi connectivity index (χ0v) is 12.8. The van der Waals surface area contributed by atoms with Gasteiger partial charge in [0.1, 0.15) is 0 Å². The lowest BCUT2D eigenvalue weighted by molar-refractivity contribution is -0.162. The van der Waals surface area contributed by atoms with Crippen LogP contribution in [0.1, 0.15) is 29.5 Å². The first-order chi connectivity index (χ1) is 11.4. The molecule has 0 bridgehead atoms. The van der Waals surface area contributed by atoms with E-state index in [2.05, 4.69) is 6.58 Å². The van der Waals surface area contributed by atoms with E-state index in [0.29, 0.717) is 6.07 Å². The number of amides is 1. The molecule has 1 radical (unpaired) electrons. The topological polar surface area (TPSA) is 40.5 Å². The quantitative estimate of drug-likeness (QED) is 0.643. The first-order valence-electron chi connectivity index (χ1n) is 7.28. The summed E-state index contributed by atoms with van der Waals surface area (Å²) >= 11 is 0. The molecule has 0 atom stereocenters. The first kappa shape index (κ1) is 19.3. The van der Waals surface area contributed by atoms with Gasteiger partial charge in [-0.25, -0.2) is 0 Å². The van der Waals surface area contributed by atoms with Crippen molar-refractivity contribution >= 4 is 11.5 Å². The van der Waals surface area contributed by atoms with Crippen LogP contribution in [0.15, 0.2) is 18.7 Å². The molecule has 0 aromatic heterocycles. The van der Waals surface area contributed by atoms with E-state index in [0.717, 1.165) is 6.07 Å². The molecule has 1 aliphatic rings. The van der Waals surface area contributed by atoms with Gasteiger partial charge in [0.15, 0.2) is 0 Å². The fourth-order valence-electron chi connectivity index (χ4n) is 2.64. The van der Waals surface area contributed by atoms with Crippen molar-refractivity contribution in [1.29, 1.82) is 0 Å². The lowest BCUT2D eigenvalue weighted by atomic mass is 9.94. The minimum Gasteiger partial charge on any atom is -0.393 e. The largest absolute Gasteiger partial charge is 0.417 e. The van der Waals surface area contributed by atoms with Crippen LogP contribution < -0.4 is 0 Å². The summed E-state index contributed by atoms with van der Waals surface area (Å²) in [4.78, 5) is 13.5. The van der Waals surface area contributed by atoms with Crippen LogP contribution in [0.25, 0.3) is 5.57 Å². The second-order valence-corrected chi connectivity index (χ2v) is 5.64. The van der Waals surface area contributed by atoms with Crippen molar-refractivity contribution in [2.45, 2.75) is 31.3 Å². The standard InChI is InChI=1S/C16H14F6NO2/c1-9(14(25)23-7-5-10(24)6-8-23)11-3-2-4-12(15(17,18)19)13(11)16(20,21)22/h2-3,10,24H,1,5-8H2. The van der Waals surface area contributed by atoms with Crippen molar-refractivity contribution in [3.05, 3.63) is 41.5 Å². The van der Waals surface area contributed by atoms with Crippen LogP contribution in [0.3, 0.4) is 0 Å². The Hall–Kier alpha value is -2.03. The summed E-state index contributed by atoms with van der Waals surface area (Å²) in [5.74, 6) is -0.892. The number of rotatable bonds is 2. The van der Waals surface area contributed by atoms with E-state index < -0.39 is 46.6 Å². The highest BCUT2D eigenvalue weighted by atomic mass is 19.4. The smallest absolute Gasteiger partial charge is 0.393 e. The summed E-state index contributed by atoms with van der Waals surface area (Å²) in [5, 5.41) is 9.40. The molecule has 0 saturated carbocycles. The van der Waals surface area contributed by atoms with E-state index in [1.54, 1.807) is 6.07 Å². The number of halogens is 6. The summed E-state index contributed by atoms with van der Waals surface area (Å²) in [7, 11) is 0. The Morgan fingerprint density at radius 2 is 1.72 bits per heavy atom. The highest BCUT2D eigenvalue weighted by Gasteiger charge is 2.45. The monoisotopic (exact) mass is 366 g/mol. The summed E-state index contributed by atoms with van der Waals surface area (Å²) < 4.78 is 78.5. The number of nitrogens with zero attached hydrogens (tertiary/aromatic N) is 1. The average molecular weight is 366 g/mol. The van der Waals surface area contributed by atoms with Gasteiger partial charge in [-0.1, -0.05) is 18.7 Å². The maximum absolute atomic E-state index is 13.2. The molecule has 1 saturated heterocycles. The third kappa shape index (κ3) is 4.15. The Morgan fingerprint density at radius 3 is 2.20 bits per heavy atom. The molecule has 0 aliphatic carbocycles. The minimum absolute atomic E-state index is 0.0887. The minimum atomic E-state index is -5.33. The molecular weight excluding hydrogens is 352 g/mol. The Kier molecular flexibility index (Phi) is 5.17. The van der Waals surface area contributed by atoms with E-state index in [4.69, 9.17) is 0 Å². The van der Waals surface area contributed by atoms with E-state index in [1.807, 2.05) is 0 Å². The maximum atomic E-state index is 13.2. The molecule has 1 aromatic carbocycles. The lowest BCUT2D eigenvalue weighted by Gasteiger charge is -2.30. The van der Waals surface area contributed by atoms with Crippen LogP contribution in [0.2, 0.25) is 0 Å². The molecule has 1 heterocycles. The third-order valence-corrected chi connectivity index (χ3v) is 3.90. The number of piperidine rings is 1. The second-order valence-electron chi connectivity index (χ2n) is 5.64. The molecule has 0 spiro atoms. The van der Waals surface area contributed by atoms with Gasteiger partial charge < -0.3 is 10.0 Å². The van der Waals surface area contributed by atoms with Crippen molar-refractivity contribution < 1.29 is 36.2 Å². The number of aliphatic hydroxyl groups excluding tert-OH is 1. The summed E-state index contributed by atoms with van der Waals surface area (Å²) in [6, 6.07) is 2.99. The summed E-state index contributed by atoms with van der Waals surface area (Å²) in [5.41, 5.74) is -5.56. The number of benzene rings is 1. The molecule has 1 aromatic rings. The fourth-order valence-corrected chi connectivity index (χ4v) is 2.64. The number of carbonyl (C=O) groups is 1. The molecule has 1 aliphatic heterocycles. The Labute approximate surface area is 139 Å². The van der Waals surface area contributed by atoms with Gasteiger partial charge in [0, 0.05) is 18.7 Å². The summed E-state index contributed by atoms with van der Waals surface area (Å²) in [6.45, 7) is 3.46. The van der Waals surface area contributed by atoms with Crippen molar-refractivity contribution in [2.24, 2.45) is 0 Å². The van der Waals surface area contributed by atoms with Gasteiger partial charge in [0.25, 0.3) is 5.91 Å². The molecular formula is C16H14F6NO2. The second kappa shape index (κ2) is 6.70. The highest BCUT2D eigenvalue weighted by molar-refractivity contribution is 6.19. The fraction of sp³-hybridized carbons (Fsp3) is 0.438. The first-order valence-corrected chi connectivity index (χ1v) is 7.28. The highest BCUT2D eigenvalue weighted by Crippen LogP contribution is 2.43. The zero-order chi connectivity index (χ0) is 19.0. The van der Waals surface area contributed by atoms with Crippen LogP contribution in [-0.4, -0.2) is 35.1 Å². The summed E-state index contributed by atoms with van der Waals surface area (Å²) in [6.07, 6.45) is -10.8. The number of likely N-dealkylation sites (tertiary alicyclic amines) is 1. The van der Waals surface area contributed by atoms with E-state index >= 15 is 0 Å². The molecule has 1 fully saturated rings. The number of hydrogen-bond acceptors (Lipinski definition) is 2. The van der Waals surface area contributed by atoms with E-state index in [-0.39, 0.29) is 25.9 Å². The molecule has 1 N–H and O–H groups in total. The normalized spacial score (nSPS) is 16.8. The number of alkyl halides is 6. The molecule has 25 heavy (non-hydrogen) atoms. The van der Waals surface area contributed by atoms with Crippen LogP contribution in [-0.2, 0) is 17.1 Å². The lowest BCUT2D eigenvalue weighted by Crippen LogP contribution is -2.40. The molecule has 2 rings (SSSR count). The Bertz CT molecular complexity index is 672. The molecule has 137 valence electrons. The molecule has 9 heteroatoms. The van der Waals surface area contributed by atoms with Crippen LogP contribution in [0.4, 0.5) is 26.3 Å². The van der Waals surface area contributed by atoms with E-state index in [9.17, 15) is 36.2 Å². The predicted molar refractivity (Wildman–Crippen MR) is 76.1 cm³/mol. The van der Waals surface area contributed by atoms with Crippen LogP contribution in [0.5, 0.6) is 0 Å². The van der Waals surface area contributed by atoms with Gasteiger partial charge >= 0.3 is 12.4 Å². The van der Waals surface area contributed by atoms with Gasteiger partial charge in [0.2, 0.25) is 0 Å². The number of hydrogen-bond donors (Lipinski definition) is 1. The Balaban J connectivity index is 2.44. The Morgan fingerprint density at radius 1 is 1.16 bits per heavy atom. The van der Waals surface area contributed by atoms with Crippen molar-refractivity contribution in [1.82, 2.24) is 4.90 Å². The molecule has 1 amide bonds. The molecule has 0 unspecified atom stereocenters. The van der Waals surface area contributed by atoms with Crippen molar-refractivity contribution in [3.63, 3.8) is 0 Å². The van der Waals surface area contributed by atoms with Gasteiger partial charge in [-0.3, -0.25) is 4.79 Å². The van der Waals surface area contributed by atoms with Crippen LogP contribution >= 0.6 is 0 Å². The van der Waals surface area contributed by atoms with Crippen molar-refractivity contribution in [3.8, 4) is 0 Å². The van der Waals surface area contributed by atoms with Gasteiger partial charge in [-0.2, -0.15) is 26.3 Å². The third-order valence-electron chi connectivity index (χ3n) is 3.90.